The van der Waals surface area contributed by atoms with Crippen LogP contribution < -0.4 is 5.32 Å². The van der Waals surface area contributed by atoms with Gasteiger partial charge in [0.25, 0.3) is 0 Å². The van der Waals surface area contributed by atoms with Crippen LogP contribution in [0.5, 0.6) is 0 Å². The first-order valence-electron chi connectivity index (χ1n) is 6.44. The van der Waals surface area contributed by atoms with Gasteiger partial charge in [0, 0.05) is 23.5 Å². The molecule has 1 saturated heterocycles. The summed E-state index contributed by atoms with van der Waals surface area (Å²) in [4.78, 5) is 25.7. The lowest BCUT2D eigenvalue weighted by Crippen LogP contribution is -2.33. The number of likely N-dealkylation sites (tertiary alicyclic amines) is 1. The number of carbonyl (C=O) groups is 2. The van der Waals surface area contributed by atoms with Crippen LogP contribution in [-0.4, -0.2) is 29.3 Å². The quantitative estimate of drug-likeness (QED) is 0.900. The molecule has 0 radical (unpaired) electrons. The molecule has 1 N–H and O–H groups in total. The van der Waals surface area contributed by atoms with Crippen LogP contribution in [0, 0.1) is 5.92 Å². The summed E-state index contributed by atoms with van der Waals surface area (Å²) in [6.45, 7) is 4.37. The molecule has 0 spiro atoms. The first-order chi connectivity index (χ1) is 9.38. The largest absolute Gasteiger partial charge is 0.339 e. The maximum Gasteiger partial charge on any atom is 0.229 e. The highest BCUT2D eigenvalue weighted by Crippen LogP contribution is 2.27. The zero-order valence-electron chi connectivity index (χ0n) is 11.3. The topological polar surface area (TPSA) is 49.4 Å². The van der Waals surface area contributed by atoms with Crippen molar-refractivity contribution in [2.75, 3.05) is 11.9 Å². The third-order valence-electron chi connectivity index (χ3n) is 3.34. The lowest BCUT2D eigenvalue weighted by Gasteiger charge is -2.20. The van der Waals surface area contributed by atoms with Crippen LogP contribution in [-0.2, 0) is 9.59 Å². The number of rotatable bonds is 3. The van der Waals surface area contributed by atoms with Crippen LogP contribution >= 0.6 is 27.5 Å². The van der Waals surface area contributed by atoms with Gasteiger partial charge in [0.1, 0.15) is 0 Å². The fraction of sp³-hybridized carbons (Fsp3) is 0.429. The first-order valence-corrected chi connectivity index (χ1v) is 7.61. The minimum atomic E-state index is -0.315. The van der Waals surface area contributed by atoms with Crippen molar-refractivity contribution in [1.29, 1.82) is 0 Å². The predicted molar refractivity (Wildman–Crippen MR) is 82.7 cm³/mol. The first kappa shape index (κ1) is 15.3. The molecule has 0 bridgehead atoms. The fourth-order valence-corrected chi connectivity index (χ4v) is 2.95. The molecule has 0 aliphatic carbocycles. The molecule has 1 aliphatic heterocycles. The Morgan fingerprint density at radius 2 is 2.20 bits per heavy atom. The molecule has 20 heavy (non-hydrogen) atoms. The molecular weight excluding hydrogens is 344 g/mol. The number of hydrogen-bond acceptors (Lipinski definition) is 2. The number of amides is 2. The molecule has 4 nitrogen and oxygen atoms in total. The number of nitrogens with zero attached hydrogens (tertiary/aromatic N) is 1. The molecule has 0 unspecified atom stereocenters. The molecule has 1 aromatic rings. The smallest absolute Gasteiger partial charge is 0.229 e. The van der Waals surface area contributed by atoms with E-state index in [9.17, 15) is 9.59 Å². The zero-order valence-corrected chi connectivity index (χ0v) is 13.7. The molecule has 1 heterocycles. The van der Waals surface area contributed by atoms with E-state index in [2.05, 4.69) is 21.2 Å². The second-order valence-corrected chi connectivity index (χ2v) is 6.48. The summed E-state index contributed by atoms with van der Waals surface area (Å²) in [6, 6.07) is 5.39. The summed E-state index contributed by atoms with van der Waals surface area (Å²) >= 11 is 9.38. The number of anilines is 1. The van der Waals surface area contributed by atoms with Crippen LogP contribution in [0.25, 0.3) is 0 Å². The van der Waals surface area contributed by atoms with Crippen molar-refractivity contribution in [2.45, 2.75) is 26.3 Å². The average Bonchev–Trinajstić information content (AvgIpc) is 2.75. The molecule has 6 heteroatoms. The molecule has 1 fully saturated rings. The second-order valence-electron chi connectivity index (χ2n) is 5.15. The van der Waals surface area contributed by atoms with E-state index < -0.39 is 0 Å². The molecule has 0 saturated carbocycles. The number of nitrogens with one attached hydrogen (secondary N) is 1. The molecule has 2 amide bonds. The number of hydrogen-bond donors (Lipinski definition) is 1. The van der Waals surface area contributed by atoms with Gasteiger partial charge in [-0.25, -0.2) is 0 Å². The Morgan fingerprint density at radius 3 is 2.75 bits per heavy atom. The van der Waals surface area contributed by atoms with E-state index in [1.807, 2.05) is 19.9 Å². The summed E-state index contributed by atoms with van der Waals surface area (Å²) in [5.41, 5.74) is 0.565. The van der Waals surface area contributed by atoms with Gasteiger partial charge in [-0.05, 0) is 32.0 Å². The SMILES string of the molecule is CC(C)N1C[C@H](C(=O)Nc2ccc(Br)cc2Cl)CC1=O. The highest BCUT2D eigenvalue weighted by Gasteiger charge is 2.35. The van der Waals surface area contributed by atoms with Gasteiger partial charge in [0.05, 0.1) is 16.6 Å². The lowest BCUT2D eigenvalue weighted by atomic mass is 10.1. The Bertz CT molecular complexity index is 548. The van der Waals surface area contributed by atoms with E-state index in [-0.39, 0.29) is 30.2 Å². The molecular formula is C14H16BrClN2O2. The van der Waals surface area contributed by atoms with E-state index in [0.717, 1.165) is 4.47 Å². The monoisotopic (exact) mass is 358 g/mol. The van der Waals surface area contributed by atoms with Crippen molar-refractivity contribution in [2.24, 2.45) is 5.92 Å². The van der Waals surface area contributed by atoms with Gasteiger partial charge in [-0.2, -0.15) is 0 Å². The Kier molecular flexibility index (Phi) is 4.70. The molecule has 1 aliphatic rings. The Hall–Kier alpha value is -1.07. The molecule has 108 valence electrons. The number of carbonyl (C=O) groups excluding carboxylic acids is 2. The van der Waals surface area contributed by atoms with E-state index in [1.165, 1.54) is 0 Å². The average molecular weight is 360 g/mol. The Labute approximate surface area is 131 Å². The van der Waals surface area contributed by atoms with Crippen LogP contribution in [0.3, 0.4) is 0 Å². The minimum absolute atomic E-state index is 0.0297. The van der Waals surface area contributed by atoms with E-state index in [0.29, 0.717) is 17.3 Å². The van der Waals surface area contributed by atoms with Crippen LogP contribution in [0.15, 0.2) is 22.7 Å². The standard InChI is InChI=1S/C14H16BrClN2O2/c1-8(2)18-7-9(5-13(18)19)14(20)17-12-4-3-10(15)6-11(12)16/h3-4,6,8-9H,5,7H2,1-2H3,(H,17,20)/t9-/m1/s1. The molecule has 0 aromatic heterocycles. The van der Waals surface area contributed by atoms with Crippen molar-refractivity contribution in [3.63, 3.8) is 0 Å². The van der Waals surface area contributed by atoms with Gasteiger partial charge < -0.3 is 10.2 Å². The zero-order chi connectivity index (χ0) is 14.9. The van der Waals surface area contributed by atoms with Gasteiger partial charge >= 0.3 is 0 Å². The normalized spacial score (nSPS) is 18.8. The number of halogens is 2. The minimum Gasteiger partial charge on any atom is -0.339 e. The summed E-state index contributed by atoms with van der Waals surface area (Å²) in [5, 5.41) is 3.26. The van der Waals surface area contributed by atoms with Crippen molar-refractivity contribution >= 4 is 45.0 Å². The third kappa shape index (κ3) is 3.33. The van der Waals surface area contributed by atoms with Crippen LogP contribution in [0.1, 0.15) is 20.3 Å². The Morgan fingerprint density at radius 1 is 1.50 bits per heavy atom. The summed E-state index contributed by atoms with van der Waals surface area (Å²) in [5.74, 6) is -0.447. The van der Waals surface area contributed by atoms with Gasteiger partial charge in [-0.3, -0.25) is 9.59 Å². The second kappa shape index (κ2) is 6.14. The van der Waals surface area contributed by atoms with Gasteiger partial charge in [-0.1, -0.05) is 27.5 Å². The lowest BCUT2D eigenvalue weighted by molar-refractivity contribution is -0.129. The molecule has 1 aromatic carbocycles. The van der Waals surface area contributed by atoms with Crippen molar-refractivity contribution in [3.05, 3.63) is 27.7 Å². The summed E-state index contributed by atoms with van der Waals surface area (Å²) in [7, 11) is 0. The van der Waals surface area contributed by atoms with Gasteiger partial charge in [0.2, 0.25) is 11.8 Å². The molecule has 1 atom stereocenters. The highest BCUT2D eigenvalue weighted by molar-refractivity contribution is 9.10. The Balaban J connectivity index is 2.04. The van der Waals surface area contributed by atoms with Gasteiger partial charge in [0.15, 0.2) is 0 Å². The van der Waals surface area contributed by atoms with E-state index in [1.54, 1.807) is 17.0 Å². The van der Waals surface area contributed by atoms with E-state index in [4.69, 9.17) is 11.6 Å². The highest BCUT2D eigenvalue weighted by atomic mass is 79.9. The summed E-state index contributed by atoms with van der Waals surface area (Å²) < 4.78 is 0.850. The van der Waals surface area contributed by atoms with Crippen molar-refractivity contribution < 1.29 is 9.59 Å². The maximum atomic E-state index is 12.2. The van der Waals surface area contributed by atoms with Crippen molar-refractivity contribution in [3.8, 4) is 0 Å². The predicted octanol–water partition coefficient (Wildman–Crippen LogP) is 3.30. The van der Waals surface area contributed by atoms with E-state index >= 15 is 0 Å². The third-order valence-corrected chi connectivity index (χ3v) is 4.15. The fourth-order valence-electron chi connectivity index (χ4n) is 2.23. The van der Waals surface area contributed by atoms with Gasteiger partial charge in [-0.15, -0.1) is 0 Å². The maximum absolute atomic E-state index is 12.2. The van der Waals surface area contributed by atoms with Crippen molar-refractivity contribution in [1.82, 2.24) is 4.90 Å². The molecule has 2 rings (SSSR count). The van der Waals surface area contributed by atoms with Crippen LogP contribution in [0.2, 0.25) is 5.02 Å². The summed E-state index contributed by atoms with van der Waals surface area (Å²) in [6.07, 6.45) is 0.262. The number of benzene rings is 1. The van der Waals surface area contributed by atoms with Crippen LogP contribution in [0.4, 0.5) is 5.69 Å².